The molecule has 1 saturated heterocycles. The van der Waals surface area contributed by atoms with Gasteiger partial charge >= 0.3 is 0 Å². The predicted octanol–water partition coefficient (Wildman–Crippen LogP) is 3.31. The fraction of sp³-hybridized carbons (Fsp3) is 0.538. The van der Waals surface area contributed by atoms with Crippen molar-refractivity contribution < 1.29 is 8.78 Å². The molecule has 1 heterocycles. The summed E-state index contributed by atoms with van der Waals surface area (Å²) in [5.74, 6) is 0. The summed E-state index contributed by atoms with van der Waals surface area (Å²) in [5.41, 5.74) is 1.03. The molecule has 1 atom stereocenters. The van der Waals surface area contributed by atoms with Gasteiger partial charge in [0.05, 0.1) is 0 Å². The average Bonchev–Trinajstić information content (AvgIpc) is 2.38. The second-order valence-electron chi connectivity index (χ2n) is 4.45. The Labute approximate surface area is 132 Å². The number of piperazine rings is 1. The molecule has 108 valence electrons. The second-order valence-corrected chi connectivity index (χ2v) is 5.61. The largest absolute Gasteiger partial charge is 0.314 e. The van der Waals surface area contributed by atoms with Crippen LogP contribution in [-0.2, 0) is 0 Å². The Kier molecular flexibility index (Phi) is 7.49. The van der Waals surface area contributed by atoms with Crippen molar-refractivity contribution in [2.24, 2.45) is 0 Å². The molecular formula is C13H18ClF2IN2. The Morgan fingerprint density at radius 1 is 1.21 bits per heavy atom. The van der Waals surface area contributed by atoms with Crippen molar-refractivity contribution in [2.75, 3.05) is 26.2 Å². The van der Waals surface area contributed by atoms with Crippen LogP contribution >= 0.6 is 35.0 Å². The molecule has 0 aromatic heterocycles. The maximum Gasteiger partial charge on any atom is 0.240 e. The Morgan fingerprint density at radius 2 is 1.84 bits per heavy atom. The summed E-state index contributed by atoms with van der Waals surface area (Å²) in [4.78, 5) is 2.17. The molecule has 1 aliphatic rings. The maximum atomic E-state index is 12.8. The van der Waals surface area contributed by atoms with Crippen molar-refractivity contribution in [2.45, 2.75) is 18.9 Å². The average molecular weight is 403 g/mol. The van der Waals surface area contributed by atoms with E-state index in [-0.39, 0.29) is 24.9 Å². The molecule has 0 saturated carbocycles. The highest BCUT2D eigenvalue weighted by atomic mass is 127. The molecule has 1 fully saturated rings. The highest BCUT2D eigenvalue weighted by Gasteiger charge is 2.26. The van der Waals surface area contributed by atoms with Crippen molar-refractivity contribution in [3.63, 3.8) is 0 Å². The third-order valence-electron chi connectivity index (χ3n) is 3.26. The minimum absolute atomic E-state index is 0. The van der Waals surface area contributed by atoms with E-state index in [0.717, 1.165) is 35.3 Å². The number of alkyl halides is 2. The molecule has 1 aromatic carbocycles. The summed E-state index contributed by atoms with van der Waals surface area (Å²) >= 11 is 2.23. The standard InChI is InChI=1S/C13H17F2IN2.ClH/c14-13(15)9-12(18-7-5-17-6-8-18)10-3-1-2-4-11(10)16;/h1-4,12-13,17H,5-9H2;1H/t12-;/m1./s1. The normalized spacial score (nSPS) is 18.1. The van der Waals surface area contributed by atoms with E-state index in [1.165, 1.54) is 0 Å². The van der Waals surface area contributed by atoms with Gasteiger partial charge < -0.3 is 5.32 Å². The molecule has 19 heavy (non-hydrogen) atoms. The van der Waals surface area contributed by atoms with Crippen LogP contribution in [0.5, 0.6) is 0 Å². The first kappa shape index (κ1) is 17.1. The van der Waals surface area contributed by atoms with Crippen LogP contribution in [0.25, 0.3) is 0 Å². The summed E-state index contributed by atoms with van der Waals surface area (Å²) in [6, 6.07) is 7.66. The van der Waals surface area contributed by atoms with Crippen LogP contribution in [0, 0.1) is 3.57 Å². The van der Waals surface area contributed by atoms with Gasteiger partial charge in [-0.15, -0.1) is 12.4 Å². The molecule has 0 unspecified atom stereocenters. The first-order chi connectivity index (χ1) is 8.68. The van der Waals surface area contributed by atoms with Gasteiger partial charge in [-0.25, -0.2) is 8.78 Å². The number of hydrogen-bond donors (Lipinski definition) is 1. The summed E-state index contributed by atoms with van der Waals surface area (Å²) in [6.45, 7) is 3.43. The number of nitrogens with one attached hydrogen (secondary N) is 1. The van der Waals surface area contributed by atoms with Gasteiger partial charge in [0, 0.05) is 42.2 Å². The molecule has 0 spiro atoms. The van der Waals surface area contributed by atoms with Crippen LogP contribution in [0.4, 0.5) is 8.78 Å². The zero-order valence-electron chi connectivity index (χ0n) is 10.5. The smallest absolute Gasteiger partial charge is 0.240 e. The monoisotopic (exact) mass is 402 g/mol. The molecule has 2 nitrogen and oxygen atoms in total. The predicted molar refractivity (Wildman–Crippen MR) is 84.2 cm³/mol. The molecule has 0 aliphatic carbocycles. The molecule has 1 aromatic rings. The van der Waals surface area contributed by atoms with Crippen molar-refractivity contribution in [3.8, 4) is 0 Å². The van der Waals surface area contributed by atoms with Crippen molar-refractivity contribution >= 4 is 35.0 Å². The first-order valence-corrected chi connectivity index (χ1v) is 7.23. The number of rotatable bonds is 4. The molecule has 0 radical (unpaired) electrons. The summed E-state index contributed by atoms with van der Waals surface area (Å²) in [6.07, 6.45) is -2.35. The van der Waals surface area contributed by atoms with Crippen LogP contribution in [0.2, 0.25) is 0 Å². The lowest BCUT2D eigenvalue weighted by Crippen LogP contribution is -2.45. The molecule has 6 heteroatoms. The minimum atomic E-state index is -2.26. The maximum absolute atomic E-state index is 12.8. The lowest BCUT2D eigenvalue weighted by atomic mass is 10.0. The SMILES string of the molecule is Cl.FC(F)C[C@H](c1ccccc1I)N1CCNCC1. The van der Waals surface area contributed by atoms with Gasteiger partial charge in [-0.05, 0) is 34.2 Å². The quantitative estimate of drug-likeness (QED) is 0.778. The lowest BCUT2D eigenvalue weighted by Gasteiger charge is -2.35. The van der Waals surface area contributed by atoms with Crippen molar-refractivity contribution in [3.05, 3.63) is 33.4 Å². The van der Waals surface area contributed by atoms with Crippen LogP contribution in [-0.4, -0.2) is 37.5 Å². The van der Waals surface area contributed by atoms with Crippen LogP contribution < -0.4 is 5.32 Å². The third-order valence-corrected chi connectivity index (χ3v) is 4.24. The van der Waals surface area contributed by atoms with Gasteiger partial charge in [0.1, 0.15) is 0 Å². The van der Waals surface area contributed by atoms with Gasteiger partial charge in [0.2, 0.25) is 6.43 Å². The van der Waals surface area contributed by atoms with E-state index < -0.39 is 6.43 Å². The Morgan fingerprint density at radius 3 is 2.42 bits per heavy atom. The highest BCUT2D eigenvalue weighted by Crippen LogP contribution is 2.30. The molecular weight excluding hydrogens is 385 g/mol. The van der Waals surface area contributed by atoms with Gasteiger partial charge in [-0.1, -0.05) is 18.2 Å². The molecule has 1 N–H and O–H groups in total. The fourth-order valence-electron chi connectivity index (χ4n) is 2.38. The molecule has 0 bridgehead atoms. The van der Waals surface area contributed by atoms with E-state index in [1.807, 2.05) is 24.3 Å². The minimum Gasteiger partial charge on any atom is -0.314 e. The highest BCUT2D eigenvalue weighted by molar-refractivity contribution is 14.1. The number of nitrogens with zero attached hydrogens (tertiary/aromatic N) is 1. The van der Waals surface area contributed by atoms with E-state index in [2.05, 4.69) is 32.8 Å². The topological polar surface area (TPSA) is 15.3 Å². The van der Waals surface area contributed by atoms with E-state index in [4.69, 9.17) is 0 Å². The van der Waals surface area contributed by atoms with Gasteiger partial charge in [-0.3, -0.25) is 4.90 Å². The van der Waals surface area contributed by atoms with Gasteiger partial charge in [0.15, 0.2) is 0 Å². The fourth-order valence-corrected chi connectivity index (χ4v) is 3.13. The Hall–Kier alpha value is 0.0200. The second kappa shape index (κ2) is 8.34. The van der Waals surface area contributed by atoms with Crippen molar-refractivity contribution in [1.82, 2.24) is 10.2 Å². The third kappa shape index (κ3) is 4.81. The van der Waals surface area contributed by atoms with Gasteiger partial charge in [0.25, 0.3) is 0 Å². The van der Waals surface area contributed by atoms with E-state index in [1.54, 1.807) is 0 Å². The van der Waals surface area contributed by atoms with Gasteiger partial charge in [-0.2, -0.15) is 0 Å². The number of benzene rings is 1. The van der Waals surface area contributed by atoms with Crippen LogP contribution in [0.3, 0.4) is 0 Å². The van der Waals surface area contributed by atoms with Crippen LogP contribution in [0.15, 0.2) is 24.3 Å². The van der Waals surface area contributed by atoms with E-state index in [0.29, 0.717) is 0 Å². The number of hydrogen-bond acceptors (Lipinski definition) is 2. The zero-order valence-corrected chi connectivity index (χ0v) is 13.5. The summed E-state index contributed by atoms with van der Waals surface area (Å²) in [7, 11) is 0. The Balaban J connectivity index is 0.00000180. The summed E-state index contributed by atoms with van der Waals surface area (Å²) < 4.78 is 26.7. The van der Waals surface area contributed by atoms with E-state index in [9.17, 15) is 8.78 Å². The lowest BCUT2D eigenvalue weighted by molar-refractivity contribution is 0.0736. The first-order valence-electron chi connectivity index (χ1n) is 6.16. The zero-order chi connectivity index (χ0) is 13.0. The molecule has 1 aliphatic heterocycles. The number of halogens is 4. The summed E-state index contributed by atoms with van der Waals surface area (Å²) in [5, 5.41) is 3.26. The Bertz CT molecular complexity index is 387. The molecule has 2 rings (SSSR count). The van der Waals surface area contributed by atoms with Crippen LogP contribution in [0.1, 0.15) is 18.0 Å². The van der Waals surface area contributed by atoms with Crippen molar-refractivity contribution in [1.29, 1.82) is 0 Å². The molecule has 0 amide bonds. The van der Waals surface area contributed by atoms with E-state index >= 15 is 0 Å².